The molecule has 0 spiro atoms. The lowest BCUT2D eigenvalue weighted by atomic mass is 10.00. The Bertz CT molecular complexity index is 827. The fraction of sp³-hybridized carbons (Fsp3) is 0.350. The van der Waals surface area contributed by atoms with Crippen LogP contribution >= 0.6 is 0 Å². The fourth-order valence-corrected chi connectivity index (χ4v) is 4.48. The lowest BCUT2D eigenvalue weighted by molar-refractivity contribution is 0.0944. The first-order valence-electron chi connectivity index (χ1n) is 8.90. The number of amides is 1. The summed E-state index contributed by atoms with van der Waals surface area (Å²) in [6, 6.07) is 15.2. The van der Waals surface area contributed by atoms with E-state index in [1.165, 1.54) is 12.1 Å². The zero-order valence-electron chi connectivity index (χ0n) is 14.6. The second-order valence-corrected chi connectivity index (χ2v) is 8.68. The Balaban J connectivity index is 1.61. The van der Waals surface area contributed by atoms with Crippen LogP contribution in [-0.2, 0) is 15.6 Å². The first-order chi connectivity index (χ1) is 12.5. The smallest absolute Gasteiger partial charge is 0.251 e. The van der Waals surface area contributed by atoms with Crippen molar-refractivity contribution in [2.24, 2.45) is 5.92 Å². The van der Waals surface area contributed by atoms with Gasteiger partial charge in [-0.25, -0.2) is 8.42 Å². The molecule has 1 amide bonds. The molecule has 0 aliphatic carbocycles. The topological polar surface area (TPSA) is 75.3 Å². The molecule has 2 aromatic carbocycles. The van der Waals surface area contributed by atoms with E-state index in [0.717, 1.165) is 31.5 Å². The normalized spacial score (nSPS) is 17.6. The first kappa shape index (κ1) is 18.6. The Morgan fingerprint density at radius 1 is 1.08 bits per heavy atom. The number of nitrogens with one attached hydrogen (secondary N) is 2. The number of carbonyl (C=O) groups excluding carboxylic acids is 1. The van der Waals surface area contributed by atoms with Crippen molar-refractivity contribution >= 4 is 15.7 Å². The van der Waals surface area contributed by atoms with E-state index in [2.05, 4.69) is 10.6 Å². The zero-order chi connectivity index (χ0) is 18.4. The summed E-state index contributed by atoms with van der Waals surface area (Å²) < 4.78 is 25.0. The van der Waals surface area contributed by atoms with E-state index in [1.807, 2.05) is 18.2 Å². The summed E-state index contributed by atoms with van der Waals surface area (Å²) in [5, 5.41) is 6.26. The van der Waals surface area contributed by atoms with Crippen molar-refractivity contribution < 1.29 is 13.2 Å². The summed E-state index contributed by atoms with van der Waals surface area (Å²) in [6.07, 6.45) is 2.25. The Kier molecular flexibility index (Phi) is 6.06. The van der Waals surface area contributed by atoms with Crippen molar-refractivity contribution in [3.05, 3.63) is 65.7 Å². The van der Waals surface area contributed by atoms with E-state index >= 15 is 0 Å². The summed E-state index contributed by atoms with van der Waals surface area (Å²) in [4.78, 5) is 12.5. The summed E-state index contributed by atoms with van der Waals surface area (Å²) in [5.74, 6) is 0.245. The maximum Gasteiger partial charge on any atom is 0.251 e. The Hall–Kier alpha value is -2.18. The van der Waals surface area contributed by atoms with Crippen LogP contribution in [0.5, 0.6) is 0 Å². The lowest BCUT2D eigenvalue weighted by Gasteiger charge is -2.22. The van der Waals surface area contributed by atoms with Gasteiger partial charge in [0.2, 0.25) is 0 Å². The second kappa shape index (κ2) is 8.47. The highest BCUT2D eigenvalue weighted by Crippen LogP contribution is 2.17. The molecule has 1 unspecified atom stereocenters. The highest BCUT2D eigenvalue weighted by atomic mass is 32.2. The third kappa shape index (κ3) is 4.93. The molecule has 2 N–H and O–H groups in total. The van der Waals surface area contributed by atoms with Gasteiger partial charge in [0.25, 0.3) is 5.91 Å². The molecule has 26 heavy (non-hydrogen) atoms. The van der Waals surface area contributed by atoms with Gasteiger partial charge >= 0.3 is 0 Å². The number of carbonyl (C=O) groups is 1. The summed E-state index contributed by atoms with van der Waals surface area (Å²) in [5.41, 5.74) is 1.22. The van der Waals surface area contributed by atoms with Crippen LogP contribution in [-0.4, -0.2) is 34.0 Å². The Labute approximate surface area is 154 Å². The van der Waals surface area contributed by atoms with Crippen molar-refractivity contribution in [2.75, 3.05) is 19.6 Å². The lowest BCUT2D eigenvalue weighted by Crippen LogP contribution is -2.38. The molecule has 0 aromatic heterocycles. The average Bonchev–Trinajstić information content (AvgIpc) is 2.67. The van der Waals surface area contributed by atoms with E-state index in [4.69, 9.17) is 0 Å². The van der Waals surface area contributed by atoms with E-state index in [9.17, 15) is 13.2 Å². The number of rotatable bonds is 6. The Morgan fingerprint density at radius 2 is 1.81 bits per heavy atom. The standard InChI is InChI=1S/C20H24N2O3S/c23-20(22-14-17-7-4-12-21-13-17)18-8-10-19(11-9-18)26(24,25)15-16-5-2-1-3-6-16/h1-3,5-6,8-11,17,21H,4,7,12-15H2,(H,22,23). The molecular weight excluding hydrogens is 348 g/mol. The number of hydrogen-bond acceptors (Lipinski definition) is 4. The van der Waals surface area contributed by atoms with Crippen LogP contribution in [0.2, 0.25) is 0 Å². The SMILES string of the molecule is O=C(NCC1CCCNC1)c1ccc(S(=O)(=O)Cc2ccccc2)cc1. The van der Waals surface area contributed by atoms with Crippen molar-refractivity contribution in [2.45, 2.75) is 23.5 Å². The largest absolute Gasteiger partial charge is 0.352 e. The van der Waals surface area contributed by atoms with Gasteiger partial charge in [-0.2, -0.15) is 0 Å². The quantitative estimate of drug-likeness (QED) is 0.816. The highest BCUT2D eigenvalue weighted by molar-refractivity contribution is 7.90. The molecule has 2 aromatic rings. The van der Waals surface area contributed by atoms with Gasteiger partial charge in [-0.15, -0.1) is 0 Å². The molecule has 1 aliphatic rings. The maximum absolute atomic E-state index is 12.5. The summed E-state index contributed by atoms with van der Waals surface area (Å²) in [6.45, 7) is 2.61. The van der Waals surface area contributed by atoms with Gasteiger partial charge < -0.3 is 10.6 Å². The number of benzene rings is 2. The van der Waals surface area contributed by atoms with Gasteiger partial charge in [0.1, 0.15) is 0 Å². The minimum Gasteiger partial charge on any atom is -0.352 e. The molecule has 3 rings (SSSR count). The molecule has 138 valence electrons. The minimum atomic E-state index is -3.43. The molecule has 1 saturated heterocycles. The molecule has 0 saturated carbocycles. The predicted molar refractivity (Wildman–Crippen MR) is 102 cm³/mol. The summed E-state index contributed by atoms with van der Waals surface area (Å²) in [7, 11) is -3.43. The highest BCUT2D eigenvalue weighted by Gasteiger charge is 2.17. The van der Waals surface area contributed by atoms with E-state index in [1.54, 1.807) is 24.3 Å². The maximum atomic E-state index is 12.5. The summed E-state index contributed by atoms with van der Waals surface area (Å²) >= 11 is 0. The number of piperidine rings is 1. The van der Waals surface area contributed by atoms with Crippen molar-refractivity contribution in [3.8, 4) is 0 Å². The van der Waals surface area contributed by atoms with Gasteiger partial charge in [-0.05, 0) is 61.7 Å². The third-order valence-electron chi connectivity index (χ3n) is 4.63. The van der Waals surface area contributed by atoms with Crippen LogP contribution < -0.4 is 10.6 Å². The van der Waals surface area contributed by atoms with Crippen molar-refractivity contribution in [3.63, 3.8) is 0 Å². The van der Waals surface area contributed by atoms with E-state index in [0.29, 0.717) is 18.0 Å². The number of hydrogen-bond donors (Lipinski definition) is 2. The van der Waals surface area contributed by atoms with Gasteiger partial charge in [-0.3, -0.25) is 4.79 Å². The molecule has 1 aliphatic heterocycles. The van der Waals surface area contributed by atoms with Crippen molar-refractivity contribution in [1.82, 2.24) is 10.6 Å². The first-order valence-corrected chi connectivity index (χ1v) is 10.6. The average molecular weight is 372 g/mol. The molecule has 6 heteroatoms. The van der Waals surface area contributed by atoms with Crippen LogP contribution in [0.15, 0.2) is 59.5 Å². The van der Waals surface area contributed by atoms with Crippen LogP contribution in [0, 0.1) is 5.92 Å². The molecule has 1 fully saturated rings. The predicted octanol–water partition coefficient (Wildman–Crippen LogP) is 2.39. The third-order valence-corrected chi connectivity index (χ3v) is 6.33. The molecule has 0 bridgehead atoms. The Morgan fingerprint density at radius 3 is 2.46 bits per heavy atom. The molecule has 0 radical (unpaired) electrons. The van der Waals surface area contributed by atoms with Crippen LogP contribution in [0.25, 0.3) is 0 Å². The zero-order valence-corrected chi connectivity index (χ0v) is 15.5. The minimum absolute atomic E-state index is 0.0476. The van der Waals surface area contributed by atoms with Crippen molar-refractivity contribution in [1.29, 1.82) is 0 Å². The van der Waals surface area contributed by atoms with Crippen LogP contribution in [0.4, 0.5) is 0 Å². The van der Waals surface area contributed by atoms with E-state index < -0.39 is 9.84 Å². The monoisotopic (exact) mass is 372 g/mol. The van der Waals surface area contributed by atoms with Gasteiger partial charge in [0, 0.05) is 12.1 Å². The fourth-order valence-electron chi connectivity index (χ4n) is 3.13. The van der Waals surface area contributed by atoms with Gasteiger partial charge in [0.05, 0.1) is 10.6 Å². The van der Waals surface area contributed by atoms with Crippen LogP contribution in [0.3, 0.4) is 0 Å². The van der Waals surface area contributed by atoms with E-state index in [-0.39, 0.29) is 16.6 Å². The molecular formula is C20H24N2O3S. The number of sulfone groups is 1. The van der Waals surface area contributed by atoms with Gasteiger partial charge in [-0.1, -0.05) is 30.3 Å². The van der Waals surface area contributed by atoms with Crippen LogP contribution in [0.1, 0.15) is 28.8 Å². The van der Waals surface area contributed by atoms with Gasteiger partial charge in [0.15, 0.2) is 9.84 Å². The molecule has 1 heterocycles. The second-order valence-electron chi connectivity index (χ2n) is 6.69. The molecule has 5 nitrogen and oxygen atoms in total. The molecule has 1 atom stereocenters.